The lowest BCUT2D eigenvalue weighted by molar-refractivity contribution is 0.194. The topological polar surface area (TPSA) is 33.1 Å². The number of halogens is 1. The summed E-state index contributed by atoms with van der Waals surface area (Å²) < 4.78 is 0. The Labute approximate surface area is 64.5 Å². The zero-order chi connectivity index (χ0) is 7.56. The first kappa shape index (κ1) is 7.51. The van der Waals surface area contributed by atoms with Crippen LogP contribution in [0.3, 0.4) is 0 Å². The van der Waals surface area contributed by atoms with Crippen molar-refractivity contribution in [3.05, 3.63) is 29.0 Å². The molecule has 1 aromatic rings. The molecule has 0 aromatic carbocycles. The van der Waals surface area contributed by atoms with E-state index in [-0.39, 0.29) is 0 Å². The summed E-state index contributed by atoms with van der Waals surface area (Å²) in [6.07, 6.45) is 1.00. The van der Waals surface area contributed by atoms with Gasteiger partial charge in [0.15, 0.2) is 0 Å². The molecule has 10 heavy (non-hydrogen) atoms. The fourth-order valence-electron chi connectivity index (χ4n) is 0.634. The second-order valence-corrected chi connectivity index (χ2v) is 2.51. The predicted octanol–water partition coefficient (Wildman–Crippen LogP) is 1.79. The summed E-state index contributed by atoms with van der Waals surface area (Å²) in [6.45, 7) is 1.66. The van der Waals surface area contributed by atoms with Crippen molar-refractivity contribution in [1.29, 1.82) is 0 Å². The number of nitrogens with zero attached hydrogens (tertiary/aromatic N) is 1. The first-order valence-electron chi connectivity index (χ1n) is 2.99. The molecule has 0 saturated heterocycles. The van der Waals surface area contributed by atoms with Gasteiger partial charge in [-0.1, -0.05) is 11.6 Å². The van der Waals surface area contributed by atoms with E-state index >= 15 is 0 Å². The van der Waals surface area contributed by atoms with Crippen LogP contribution in [0, 0.1) is 0 Å². The van der Waals surface area contributed by atoms with Crippen LogP contribution in [-0.2, 0) is 0 Å². The maximum atomic E-state index is 9.01. The summed E-state index contributed by atoms with van der Waals surface area (Å²) in [6, 6.07) is 3.41. The smallest absolute Gasteiger partial charge is 0.0931 e. The molecular formula is C7H8ClNO. The van der Waals surface area contributed by atoms with E-state index in [1.54, 1.807) is 19.1 Å². The van der Waals surface area contributed by atoms with E-state index in [1.807, 2.05) is 0 Å². The van der Waals surface area contributed by atoms with Crippen molar-refractivity contribution < 1.29 is 5.11 Å². The molecule has 1 atom stereocenters. The predicted molar refractivity (Wildman–Crippen MR) is 39.9 cm³/mol. The third-order valence-electron chi connectivity index (χ3n) is 1.18. The van der Waals surface area contributed by atoms with Crippen LogP contribution in [0.25, 0.3) is 0 Å². The molecule has 3 heteroatoms. The Morgan fingerprint density at radius 1 is 1.60 bits per heavy atom. The second kappa shape index (κ2) is 2.99. The van der Waals surface area contributed by atoms with Gasteiger partial charge in [-0.05, 0) is 19.1 Å². The number of rotatable bonds is 1. The van der Waals surface area contributed by atoms with Crippen LogP contribution in [-0.4, -0.2) is 10.1 Å². The van der Waals surface area contributed by atoms with E-state index in [9.17, 15) is 0 Å². The Balaban J connectivity index is 2.89. The molecule has 1 heterocycles. The van der Waals surface area contributed by atoms with Gasteiger partial charge in [-0.3, -0.25) is 4.98 Å². The molecular weight excluding hydrogens is 150 g/mol. The van der Waals surface area contributed by atoms with Gasteiger partial charge in [-0.15, -0.1) is 0 Å². The zero-order valence-electron chi connectivity index (χ0n) is 5.58. The maximum absolute atomic E-state index is 9.01. The fraction of sp³-hybridized carbons (Fsp3) is 0.286. The lowest BCUT2D eigenvalue weighted by Crippen LogP contribution is -1.93. The van der Waals surface area contributed by atoms with Crippen molar-refractivity contribution in [1.82, 2.24) is 4.98 Å². The van der Waals surface area contributed by atoms with Gasteiger partial charge in [-0.25, -0.2) is 0 Å². The minimum Gasteiger partial charge on any atom is -0.387 e. The molecule has 0 radical (unpaired) electrons. The molecule has 54 valence electrons. The molecule has 0 unspecified atom stereocenters. The van der Waals surface area contributed by atoms with Crippen molar-refractivity contribution in [2.75, 3.05) is 0 Å². The summed E-state index contributed by atoms with van der Waals surface area (Å²) in [5, 5.41) is 9.60. The van der Waals surface area contributed by atoms with E-state index in [0.717, 1.165) is 0 Å². The van der Waals surface area contributed by atoms with E-state index in [0.29, 0.717) is 10.7 Å². The van der Waals surface area contributed by atoms with Crippen LogP contribution in [0.4, 0.5) is 0 Å². The second-order valence-electron chi connectivity index (χ2n) is 2.08. The molecule has 0 bridgehead atoms. The third kappa shape index (κ3) is 1.69. The van der Waals surface area contributed by atoms with Crippen molar-refractivity contribution in [3.8, 4) is 0 Å². The molecule has 1 N–H and O–H groups in total. The fourth-order valence-corrected chi connectivity index (χ4v) is 0.746. The van der Waals surface area contributed by atoms with Crippen LogP contribution < -0.4 is 0 Å². The van der Waals surface area contributed by atoms with E-state index < -0.39 is 6.10 Å². The van der Waals surface area contributed by atoms with Crippen molar-refractivity contribution in [3.63, 3.8) is 0 Å². The number of pyridine rings is 1. The van der Waals surface area contributed by atoms with Gasteiger partial charge in [0.1, 0.15) is 0 Å². The van der Waals surface area contributed by atoms with Gasteiger partial charge in [0, 0.05) is 6.20 Å². The van der Waals surface area contributed by atoms with Crippen LogP contribution in [0.5, 0.6) is 0 Å². The Bertz CT molecular complexity index is 207. The Kier molecular flexibility index (Phi) is 2.25. The molecule has 0 aliphatic heterocycles. The SMILES string of the molecule is C[C@H](O)c1ccc(Cl)cn1. The van der Waals surface area contributed by atoms with Crippen molar-refractivity contribution in [2.45, 2.75) is 13.0 Å². The van der Waals surface area contributed by atoms with Gasteiger partial charge < -0.3 is 5.11 Å². The normalized spacial score (nSPS) is 13.1. The zero-order valence-corrected chi connectivity index (χ0v) is 6.34. The van der Waals surface area contributed by atoms with Gasteiger partial charge in [0.2, 0.25) is 0 Å². The highest BCUT2D eigenvalue weighted by molar-refractivity contribution is 6.30. The lowest BCUT2D eigenvalue weighted by atomic mass is 10.2. The Hall–Kier alpha value is -0.600. The molecule has 1 aromatic heterocycles. The lowest BCUT2D eigenvalue weighted by Gasteiger charge is -2.00. The van der Waals surface area contributed by atoms with Crippen LogP contribution in [0.2, 0.25) is 5.02 Å². The number of aromatic nitrogens is 1. The highest BCUT2D eigenvalue weighted by atomic mass is 35.5. The minimum absolute atomic E-state index is 0.516. The molecule has 0 aliphatic rings. The number of aliphatic hydroxyl groups excluding tert-OH is 1. The average molecular weight is 158 g/mol. The van der Waals surface area contributed by atoms with Crippen molar-refractivity contribution in [2.24, 2.45) is 0 Å². The summed E-state index contributed by atoms with van der Waals surface area (Å²) >= 11 is 5.57. The van der Waals surface area contributed by atoms with E-state index in [1.165, 1.54) is 6.20 Å². The molecule has 1 rings (SSSR count). The largest absolute Gasteiger partial charge is 0.387 e. The van der Waals surface area contributed by atoms with E-state index in [4.69, 9.17) is 16.7 Å². The van der Waals surface area contributed by atoms with Crippen LogP contribution >= 0.6 is 11.6 Å². The molecule has 0 amide bonds. The molecule has 2 nitrogen and oxygen atoms in total. The Morgan fingerprint density at radius 3 is 2.70 bits per heavy atom. The minimum atomic E-state index is -0.516. The summed E-state index contributed by atoms with van der Waals surface area (Å²) in [4.78, 5) is 3.90. The highest BCUT2D eigenvalue weighted by Crippen LogP contribution is 2.11. The summed E-state index contributed by atoms with van der Waals surface area (Å²) in [5.41, 5.74) is 0.643. The first-order chi connectivity index (χ1) is 4.70. The monoisotopic (exact) mass is 157 g/mol. The summed E-state index contributed by atoms with van der Waals surface area (Å²) in [7, 11) is 0. The average Bonchev–Trinajstić information content (AvgIpc) is 1.88. The molecule has 0 spiro atoms. The van der Waals surface area contributed by atoms with Gasteiger partial charge in [-0.2, -0.15) is 0 Å². The van der Waals surface area contributed by atoms with Gasteiger partial charge in [0.05, 0.1) is 16.8 Å². The standard InChI is InChI=1S/C7H8ClNO/c1-5(10)7-3-2-6(8)4-9-7/h2-5,10H,1H3/t5-/m0/s1. The first-order valence-corrected chi connectivity index (χ1v) is 3.37. The summed E-state index contributed by atoms with van der Waals surface area (Å²) in [5.74, 6) is 0. The molecule has 0 fully saturated rings. The van der Waals surface area contributed by atoms with Crippen molar-refractivity contribution >= 4 is 11.6 Å². The third-order valence-corrected chi connectivity index (χ3v) is 1.40. The van der Waals surface area contributed by atoms with Crippen LogP contribution in [0.15, 0.2) is 18.3 Å². The Morgan fingerprint density at radius 2 is 2.30 bits per heavy atom. The number of aliphatic hydroxyl groups is 1. The van der Waals surface area contributed by atoms with Crippen LogP contribution in [0.1, 0.15) is 18.7 Å². The number of hydrogen-bond acceptors (Lipinski definition) is 2. The quantitative estimate of drug-likeness (QED) is 0.674. The maximum Gasteiger partial charge on any atom is 0.0931 e. The number of hydrogen-bond donors (Lipinski definition) is 1. The van der Waals surface area contributed by atoms with Gasteiger partial charge >= 0.3 is 0 Å². The molecule has 0 saturated carbocycles. The molecule has 0 aliphatic carbocycles. The highest BCUT2D eigenvalue weighted by Gasteiger charge is 1.99. The van der Waals surface area contributed by atoms with Gasteiger partial charge in [0.25, 0.3) is 0 Å². The van der Waals surface area contributed by atoms with E-state index in [2.05, 4.69) is 4.98 Å².